The van der Waals surface area contributed by atoms with E-state index in [0.717, 1.165) is 6.07 Å². The topological polar surface area (TPSA) is 83.8 Å². The molecule has 0 amide bonds. The number of hydrogen-bond donors (Lipinski definition) is 2. The number of ether oxygens (including phenoxy) is 1. The van der Waals surface area contributed by atoms with Gasteiger partial charge in [-0.3, -0.25) is 4.79 Å². The summed E-state index contributed by atoms with van der Waals surface area (Å²) in [5, 5.41) is 18.8. The highest BCUT2D eigenvalue weighted by Gasteiger charge is 2.15. The third kappa shape index (κ3) is 3.14. The summed E-state index contributed by atoms with van der Waals surface area (Å²) in [7, 11) is 0. The summed E-state index contributed by atoms with van der Waals surface area (Å²) in [6.45, 7) is -0.509. The molecule has 0 aliphatic heterocycles. The van der Waals surface area contributed by atoms with Crippen LogP contribution in [0, 0.1) is 0 Å². The fraction of sp³-hybridized carbons (Fsp3) is 0.0667. The van der Waals surface area contributed by atoms with Crippen molar-refractivity contribution >= 4 is 11.8 Å². The van der Waals surface area contributed by atoms with E-state index in [4.69, 9.17) is 4.74 Å². The predicted octanol–water partition coefficient (Wildman–Crippen LogP) is 2.14. The Labute approximate surface area is 115 Å². The minimum Gasteiger partial charge on any atom is -0.508 e. The lowest BCUT2D eigenvalue weighted by atomic mass is 10.1. The second-order valence-electron chi connectivity index (χ2n) is 4.07. The van der Waals surface area contributed by atoms with Crippen molar-refractivity contribution in [1.29, 1.82) is 0 Å². The average molecular weight is 272 g/mol. The molecule has 102 valence electrons. The minimum atomic E-state index is -0.626. The van der Waals surface area contributed by atoms with E-state index in [1.54, 1.807) is 30.3 Å². The third-order valence-corrected chi connectivity index (χ3v) is 2.62. The molecule has 0 unspecified atom stereocenters. The molecule has 0 aliphatic carbocycles. The van der Waals surface area contributed by atoms with Crippen LogP contribution in [0.3, 0.4) is 0 Å². The molecular weight excluding hydrogens is 260 g/mol. The van der Waals surface area contributed by atoms with Gasteiger partial charge in [0.15, 0.2) is 6.61 Å². The number of Topliss-reactive ketones (excluding diaryl/α,β-unsaturated/α-hetero) is 1. The van der Waals surface area contributed by atoms with Crippen molar-refractivity contribution in [2.45, 2.75) is 0 Å². The molecule has 0 fully saturated rings. The van der Waals surface area contributed by atoms with Crippen LogP contribution in [0.4, 0.5) is 0 Å². The zero-order valence-electron chi connectivity index (χ0n) is 10.4. The lowest BCUT2D eigenvalue weighted by molar-refractivity contribution is 0.0474. The van der Waals surface area contributed by atoms with E-state index in [9.17, 15) is 19.8 Å². The molecule has 2 N–H and O–H groups in total. The first-order valence-corrected chi connectivity index (χ1v) is 5.85. The minimum absolute atomic E-state index is 0.0918. The number of hydrogen-bond acceptors (Lipinski definition) is 5. The largest absolute Gasteiger partial charge is 0.508 e. The Balaban J connectivity index is 2.02. The van der Waals surface area contributed by atoms with Gasteiger partial charge in [0.1, 0.15) is 11.5 Å². The van der Waals surface area contributed by atoms with Gasteiger partial charge in [-0.1, -0.05) is 18.2 Å². The lowest BCUT2D eigenvalue weighted by Crippen LogP contribution is -2.14. The Hall–Kier alpha value is -2.82. The maximum Gasteiger partial charge on any atom is 0.338 e. The van der Waals surface area contributed by atoms with Gasteiger partial charge < -0.3 is 14.9 Å². The highest BCUT2D eigenvalue weighted by atomic mass is 16.5. The van der Waals surface area contributed by atoms with Gasteiger partial charge in [0.25, 0.3) is 0 Å². The van der Waals surface area contributed by atoms with Gasteiger partial charge >= 0.3 is 5.97 Å². The van der Waals surface area contributed by atoms with Crippen LogP contribution in [0.25, 0.3) is 0 Å². The summed E-state index contributed by atoms with van der Waals surface area (Å²) in [6, 6.07) is 11.8. The number of benzene rings is 2. The maximum atomic E-state index is 11.8. The molecule has 0 heterocycles. The Morgan fingerprint density at radius 1 is 1.00 bits per heavy atom. The normalized spacial score (nSPS) is 10.0. The van der Waals surface area contributed by atoms with Crippen molar-refractivity contribution in [3.63, 3.8) is 0 Å². The first-order valence-electron chi connectivity index (χ1n) is 5.85. The van der Waals surface area contributed by atoms with Crippen molar-refractivity contribution in [3.05, 3.63) is 59.7 Å². The number of carbonyl (C=O) groups is 2. The number of phenols is 2. The van der Waals surface area contributed by atoms with Crippen molar-refractivity contribution < 1.29 is 24.5 Å². The zero-order chi connectivity index (χ0) is 14.5. The highest BCUT2D eigenvalue weighted by molar-refractivity contribution is 6.01. The summed E-state index contributed by atoms with van der Waals surface area (Å²) in [6.07, 6.45) is 0. The molecule has 0 saturated carbocycles. The van der Waals surface area contributed by atoms with Crippen LogP contribution in [-0.2, 0) is 4.74 Å². The summed E-state index contributed by atoms with van der Waals surface area (Å²) < 4.78 is 4.86. The molecular formula is C15H12O5. The van der Waals surface area contributed by atoms with Gasteiger partial charge in [0.2, 0.25) is 5.78 Å². The van der Waals surface area contributed by atoms with Crippen LogP contribution in [-0.4, -0.2) is 28.6 Å². The Morgan fingerprint density at radius 3 is 2.40 bits per heavy atom. The summed E-state index contributed by atoms with van der Waals surface area (Å²) in [4.78, 5) is 23.5. The number of ketones is 1. The number of carbonyl (C=O) groups excluding carboxylic acids is 2. The van der Waals surface area contributed by atoms with Crippen LogP contribution in [0.15, 0.2) is 48.5 Å². The van der Waals surface area contributed by atoms with Gasteiger partial charge in [0.05, 0.1) is 11.1 Å². The smallest absolute Gasteiger partial charge is 0.338 e. The van der Waals surface area contributed by atoms with Crippen LogP contribution in [0.5, 0.6) is 11.5 Å². The summed E-state index contributed by atoms with van der Waals surface area (Å²) >= 11 is 0. The molecule has 0 atom stereocenters. The van der Waals surface area contributed by atoms with Crippen LogP contribution >= 0.6 is 0 Å². The zero-order valence-corrected chi connectivity index (χ0v) is 10.4. The SMILES string of the molecule is O=C(OCC(=O)c1cc(O)ccc1O)c1ccccc1. The molecule has 0 spiro atoms. The van der Waals surface area contributed by atoms with Crippen LogP contribution in [0.2, 0.25) is 0 Å². The Bertz CT molecular complexity index is 634. The van der Waals surface area contributed by atoms with Crippen LogP contribution < -0.4 is 0 Å². The number of rotatable bonds is 4. The molecule has 0 radical (unpaired) electrons. The van der Waals surface area contributed by atoms with Gasteiger partial charge in [0, 0.05) is 0 Å². The van der Waals surface area contributed by atoms with Crippen LogP contribution in [0.1, 0.15) is 20.7 Å². The fourth-order valence-electron chi connectivity index (χ4n) is 1.61. The van der Waals surface area contributed by atoms with E-state index in [2.05, 4.69) is 0 Å². The third-order valence-electron chi connectivity index (χ3n) is 2.62. The van der Waals surface area contributed by atoms with Crippen molar-refractivity contribution in [2.75, 3.05) is 6.61 Å². The standard InChI is InChI=1S/C15H12O5/c16-11-6-7-13(17)12(8-11)14(18)9-20-15(19)10-4-2-1-3-5-10/h1-8,16-17H,9H2. The predicted molar refractivity (Wildman–Crippen MR) is 70.8 cm³/mol. The van der Waals surface area contributed by atoms with E-state index < -0.39 is 18.4 Å². The average Bonchev–Trinajstić information content (AvgIpc) is 2.47. The quantitative estimate of drug-likeness (QED) is 0.506. The van der Waals surface area contributed by atoms with Crippen molar-refractivity contribution in [1.82, 2.24) is 0 Å². The van der Waals surface area contributed by atoms with Gasteiger partial charge in [-0.05, 0) is 30.3 Å². The van der Waals surface area contributed by atoms with E-state index in [0.29, 0.717) is 5.56 Å². The Morgan fingerprint density at radius 2 is 1.70 bits per heavy atom. The molecule has 2 aromatic rings. The summed E-state index contributed by atoms with van der Waals surface area (Å²) in [5.74, 6) is -1.65. The molecule has 2 aromatic carbocycles. The molecule has 5 nitrogen and oxygen atoms in total. The van der Waals surface area contributed by atoms with Gasteiger partial charge in [-0.15, -0.1) is 0 Å². The van der Waals surface area contributed by atoms with E-state index in [1.165, 1.54) is 12.1 Å². The maximum absolute atomic E-state index is 11.8. The molecule has 0 aromatic heterocycles. The molecule has 0 bridgehead atoms. The van der Waals surface area contributed by atoms with E-state index in [-0.39, 0.29) is 17.1 Å². The highest BCUT2D eigenvalue weighted by Crippen LogP contribution is 2.22. The monoisotopic (exact) mass is 272 g/mol. The first-order chi connectivity index (χ1) is 9.58. The fourth-order valence-corrected chi connectivity index (χ4v) is 1.61. The van der Waals surface area contributed by atoms with E-state index >= 15 is 0 Å². The van der Waals surface area contributed by atoms with Gasteiger partial charge in [-0.25, -0.2) is 4.79 Å². The van der Waals surface area contributed by atoms with Gasteiger partial charge in [-0.2, -0.15) is 0 Å². The van der Waals surface area contributed by atoms with Crippen molar-refractivity contribution in [2.24, 2.45) is 0 Å². The molecule has 20 heavy (non-hydrogen) atoms. The Kier molecular flexibility index (Phi) is 4.00. The van der Waals surface area contributed by atoms with E-state index in [1.807, 2.05) is 0 Å². The first kappa shape index (κ1) is 13.6. The summed E-state index contributed by atoms with van der Waals surface area (Å²) in [5.41, 5.74) is 0.242. The number of phenolic OH excluding ortho intramolecular Hbond substituents is 2. The second-order valence-corrected chi connectivity index (χ2v) is 4.07. The lowest BCUT2D eigenvalue weighted by Gasteiger charge is -2.06. The number of esters is 1. The number of aromatic hydroxyl groups is 2. The molecule has 0 aliphatic rings. The molecule has 5 heteroatoms. The molecule has 0 saturated heterocycles. The molecule has 2 rings (SSSR count). The van der Waals surface area contributed by atoms with Crippen molar-refractivity contribution in [3.8, 4) is 11.5 Å². The second kappa shape index (κ2) is 5.88.